The topological polar surface area (TPSA) is 67.5 Å². The highest BCUT2D eigenvalue weighted by molar-refractivity contribution is 5.80. The maximum absolute atomic E-state index is 12.3. The molecule has 0 rings (SSSR count). The fourth-order valence-electron chi connectivity index (χ4n) is 0.340. The second kappa shape index (κ2) is 5.40. The van der Waals surface area contributed by atoms with E-state index < -0.39 is 12.1 Å². The number of hydrogen-bond acceptors (Lipinski definition) is 3. The summed E-state index contributed by atoms with van der Waals surface area (Å²) < 4.78 is 12.3. The van der Waals surface area contributed by atoms with Gasteiger partial charge in [-0.25, -0.2) is 4.39 Å². The number of amides is 1. The molecule has 0 aromatic heterocycles. The Kier molecular flexibility index (Phi) is 4.72. The van der Waals surface area contributed by atoms with Gasteiger partial charge in [0.1, 0.15) is 0 Å². The highest BCUT2D eigenvalue weighted by Crippen LogP contribution is 1.89. The Morgan fingerprint density at radius 2 is 2.45 bits per heavy atom. The average molecular weight is 159 g/mol. The quantitative estimate of drug-likeness (QED) is 0.445. The van der Waals surface area contributed by atoms with E-state index >= 15 is 0 Å². The first-order chi connectivity index (χ1) is 5.18. The Morgan fingerprint density at radius 3 is 2.91 bits per heavy atom. The molecule has 0 aliphatic heterocycles. The summed E-state index contributed by atoms with van der Waals surface area (Å²) in [6, 6.07) is 0. The third kappa shape index (κ3) is 5.07. The number of carbonyl (C=O) groups excluding carboxylic acids is 1. The molecule has 0 saturated heterocycles. The van der Waals surface area contributed by atoms with Crippen molar-refractivity contribution in [2.75, 3.05) is 0 Å². The third-order valence-corrected chi connectivity index (χ3v) is 0.815. The van der Waals surface area contributed by atoms with Crippen LogP contribution in [-0.2, 0) is 4.79 Å². The minimum absolute atomic E-state index is 0.981. The van der Waals surface area contributed by atoms with Crippen LogP contribution in [0.1, 0.15) is 6.92 Å². The summed E-state index contributed by atoms with van der Waals surface area (Å²) in [6.07, 6.45) is 1.92. The van der Waals surface area contributed by atoms with Crippen molar-refractivity contribution in [1.82, 2.24) is 5.43 Å². The summed E-state index contributed by atoms with van der Waals surface area (Å²) in [5.74, 6) is -1.01. The second-order valence-electron chi connectivity index (χ2n) is 1.68. The van der Waals surface area contributed by atoms with Crippen molar-refractivity contribution in [1.29, 1.82) is 0 Å². The number of rotatable bonds is 4. The molecule has 62 valence electrons. The number of carbonyl (C=O) groups is 1. The molecule has 0 radical (unpaired) electrons. The molecule has 1 amide bonds. The standard InChI is InChI=1S/C6H10FN3O/c1-2-9-10-4-3-5(7)6(8)11/h2-5,10H,1H3,(H2,8,11)/b4-3?,9-2-. The largest absolute Gasteiger partial charge is 0.367 e. The van der Waals surface area contributed by atoms with Crippen LogP contribution < -0.4 is 11.2 Å². The van der Waals surface area contributed by atoms with Crippen molar-refractivity contribution >= 4 is 12.1 Å². The van der Waals surface area contributed by atoms with E-state index in [1.54, 1.807) is 6.92 Å². The molecule has 0 aromatic carbocycles. The van der Waals surface area contributed by atoms with Gasteiger partial charge in [0.2, 0.25) is 0 Å². The second-order valence-corrected chi connectivity index (χ2v) is 1.68. The average Bonchev–Trinajstić information content (AvgIpc) is 1.97. The first-order valence-electron chi connectivity index (χ1n) is 3.01. The van der Waals surface area contributed by atoms with Crippen LogP contribution in [0, 0.1) is 0 Å². The Labute approximate surface area is 64.0 Å². The number of halogens is 1. The number of hydrazone groups is 1. The lowest BCUT2D eigenvalue weighted by molar-refractivity contribution is -0.121. The Hall–Kier alpha value is -1.39. The lowest BCUT2D eigenvalue weighted by Crippen LogP contribution is -2.22. The Morgan fingerprint density at radius 1 is 1.82 bits per heavy atom. The summed E-state index contributed by atoms with van der Waals surface area (Å²) in [6.45, 7) is 1.70. The Balaban J connectivity index is 3.65. The molecule has 0 aliphatic rings. The molecule has 0 aliphatic carbocycles. The van der Waals surface area contributed by atoms with Gasteiger partial charge in [-0.15, -0.1) is 0 Å². The minimum atomic E-state index is -1.76. The summed E-state index contributed by atoms with van der Waals surface area (Å²) in [7, 11) is 0. The van der Waals surface area contributed by atoms with Crippen LogP contribution in [0.3, 0.4) is 0 Å². The number of nitrogens with one attached hydrogen (secondary N) is 1. The summed E-state index contributed by atoms with van der Waals surface area (Å²) in [5.41, 5.74) is 6.98. The van der Waals surface area contributed by atoms with Crippen LogP contribution in [0.25, 0.3) is 0 Å². The summed E-state index contributed by atoms with van der Waals surface area (Å²) >= 11 is 0. The van der Waals surface area contributed by atoms with Gasteiger partial charge in [-0.3, -0.25) is 10.2 Å². The zero-order valence-electron chi connectivity index (χ0n) is 6.12. The van der Waals surface area contributed by atoms with E-state index in [-0.39, 0.29) is 0 Å². The maximum atomic E-state index is 12.3. The molecule has 0 spiro atoms. The summed E-state index contributed by atoms with van der Waals surface area (Å²) in [4.78, 5) is 10.1. The molecule has 1 unspecified atom stereocenters. The number of primary amides is 1. The smallest absolute Gasteiger partial charge is 0.256 e. The van der Waals surface area contributed by atoms with Gasteiger partial charge in [0.25, 0.3) is 5.91 Å². The molecule has 0 fully saturated rings. The van der Waals surface area contributed by atoms with Gasteiger partial charge in [0.05, 0.1) is 0 Å². The van der Waals surface area contributed by atoms with Crippen LogP contribution in [0.4, 0.5) is 4.39 Å². The molecular formula is C6H10FN3O. The first-order valence-corrected chi connectivity index (χ1v) is 3.01. The zero-order chi connectivity index (χ0) is 8.69. The minimum Gasteiger partial charge on any atom is -0.367 e. The number of hydrogen-bond donors (Lipinski definition) is 2. The predicted octanol–water partition coefficient (Wildman–Crippen LogP) is -0.0812. The molecule has 0 heterocycles. The van der Waals surface area contributed by atoms with E-state index in [9.17, 15) is 9.18 Å². The molecule has 4 nitrogen and oxygen atoms in total. The van der Waals surface area contributed by atoms with E-state index in [2.05, 4.69) is 16.3 Å². The number of nitrogens with two attached hydrogens (primary N) is 1. The molecule has 0 bridgehead atoms. The first kappa shape index (κ1) is 9.61. The maximum Gasteiger partial charge on any atom is 0.256 e. The van der Waals surface area contributed by atoms with Crippen molar-refractivity contribution < 1.29 is 9.18 Å². The molecule has 0 aromatic rings. The molecular weight excluding hydrogens is 149 g/mol. The number of nitrogens with zero attached hydrogens (tertiary/aromatic N) is 1. The molecule has 5 heteroatoms. The van der Waals surface area contributed by atoms with Gasteiger partial charge in [-0.05, 0) is 13.0 Å². The van der Waals surface area contributed by atoms with Crippen LogP contribution in [-0.4, -0.2) is 18.3 Å². The van der Waals surface area contributed by atoms with Crippen molar-refractivity contribution in [2.24, 2.45) is 10.8 Å². The fourth-order valence-corrected chi connectivity index (χ4v) is 0.340. The van der Waals surface area contributed by atoms with Gasteiger partial charge in [-0.2, -0.15) is 5.10 Å². The SMILES string of the molecule is C/C=N\NC=CC(F)C(N)=O. The van der Waals surface area contributed by atoms with Crippen molar-refractivity contribution in [3.63, 3.8) is 0 Å². The molecule has 3 N–H and O–H groups in total. The van der Waals surface area contributed by atoms with Gasteiger partial charge < -0.3 is 5.73 Å². The lowest BCUT2D eigenvalue weighted by atomic mass is 10.4. The van der Waals surface area contributed by atoms with Crippen molar-refractivity contribution in [3.8, 4) is 0 Å². The van der Waals surface area contributed by atoms with E-state index in [0.29, 0.717) is 0 Å². The fraction of sp³-hybridized carbons (Fsp3) is 0.333. The van der Waals surface area contributed by atoms with Crippen LogP contribution in [0.15, 0.2) is 17.4 Å². The lowest BCUT2D eigenvalue weighted by Gasteiger charge is -1.93. The zero-order valence-corrected chi connectivity index (χ0v) is 6.12. The van der Waals surface area contributed by atoms with Crippen molar-refractivity contribution in [3.05, 3.63) is 12.3 Å². The van der Waals surface area contributed by atoms with Crippen LogP contribution in [0.5, 0.6) is 0 Å². The normalized spacial score (nSPS) is 14.0. The monoisotopic (exact) mass is 159 g/mol. The van der Waals surface area contributed by atoms with Crippen molar-refractivity contribution in [2.45, 2.75) is 13.1 Å². The molecule has 1 atom stereocenters. The molecule has 0 saturated carbocycles. The molecule has 11 heavy (non-hydrogen) atoms. The predicted molar refractivity (Wildman–Crippen MR) is 40.5 cm³/mol. The highest BCUT2D eigenvalue weighted by Gasteiger charge is 2.06. The summed E-state index contributed by atoms with van der Waals surface area (Å²) in [5, 5.41) is 3.52. The third-order valence-electron chi connectivity index (χ3n) is 0.815. The van der Waals surface area contributed by atoms with Crippen LogP contribution in [0.2, 0.25) is 0 Å². The highest BCUT2D eigenvalue weighted by atomic mass is 19.1. The van der Waals surface area contributed by atoms with Gasteiger partial charge in [0, 0.05) is 12.4 Å². The van der Waals surface area contributed by atoms with E-state index in [0.717, 1.165) is 6.08 Å². The van der Waals surface area contributed by atoms with Gasteiger partial charge >= 0.3 is 0 Å². The van der Waals surface area contributed by atoms with E-state index in [4.69, 9.17) is 0 Å². The number of alkyl halides is 1. The van der Waals surface area contributed by atoms with E-state index in [1.807, 2.05) is 0 Å². The Bertz CT molecular complexity index is 179. The van der Waals surface area contributed by atoms with Gasteiger partial charge in [-0.1, -0.05) is 0 Å². The van der Waals surface area contributed by atoms with E-state index in [1.165, 1.54) is 12.4 Å². The van der Waals surface area contributed by atoms with Crippen LogP contribution >= 0.6 is 0 Å². The van der Waals surface area contributed by atoms with Gasteiger partial charge in [0.15, 0.2) is 6.17 Å².